The molecule has 4 rings (SSSR count). The van der Waals surface area contributed by atoms with Crippen LogP contribution in [0.5, 0.6) is 11.5 Å². The average molecular weight is 461 g/mol. The van der Waals surface area contributed by atoms with Crippen LogP contribution in [0.3, 0.4) is 0 Å². The maximum Gasteiger partial charge on any atom is 0.245 e. The molecule has 0 aliphatic carbocycles. The Bertz CT molecular complexity index is 1180. The van der Waals surface area contributed by atoms with E-state index in [1.807, 2.05) is 30.3 Å². The zero-order valence-electron chi connectivity index (χ0n) is 18.6. The van der Waals surface area contributed by atoms with Crippen LogP contribution in [-0.4, -0.2) is 31.7 Å². The fraction of sp³-hybridized carbons (Fsp3) is 0.192. The van der Waals surface area contributed by atoms with Crippen LogP contribution >= 0.6 is 0 Å². The lowest BCUT2D eigenvalue weighted by Gasteiger charge is -2.16. The van der Waals surface area contributed by atoms with Gasteiger partial charge in [-0.05, 0) is 53.6 Å². The molecular formula is C26H24FN3O4. The van der Waals surface area contributed by atoms with E-state index in [-0.39, 0.29) is 30.7 Å². The molecule has 174 valence electrons. The van der Waals surface area contributed by atoms with E-state index in [0.29, 0.717) is 23.6 Å². The van der Waals surface area contributed by atoms with Gasteiger partial charge in [-0.3, -0.25) is 9.59 Å². The molecule has 34 heavy (non-hydrogen) atoms. The van der Waals surface area contributed by atoms with E-state index in [1.165, 1.54) is 25.5 Å². The second kappa shape index (κ2) is 10.6. The number of nitrogens with one attached hydrogen (secondary N) is 1. The summed E-state index contributed by atoms with van der Waals surface area (Å²) in [4.78, 5) is 26.4. The minimum Gasteiger partial charge on any atom is -0.493 e. The highest BCUT2D eigenvalue weighted by molar-refractivity contribution is 6.00. The van der Waals surface area contributed by atoms with Crippen LogP contribution in [0.15, 0.2) is 77.9 Å². The van der Waals surface area contributed by atoms with Crippen LogP contribution in [0.25, 0.3) is 0 Å². The molecule has 0 spiro atoms. The summed E-state index contributed by atoms with van der Waals surface area (Å²) in [6.07, 6.45) is 1.64. The molecule has 1 aliphatic rings. The van der Waals surface area contributed by atoms with E-state index in [2.05, 4.69) is 10.5 Å². The number of para-hydroxylation sites is 1. The van der Waals surface area contributed by atoms with Gasteiger partial charge in [0.1, 0.15) is 12.4 Å². The van der Waals surface area contributed by atoms with Gasteiger partial charge in [0.2, 0.25) is 11.8 Å². The minimum absolute atomic E-state index is 0.0868. The van der Waals surface area contributed by atoms with Crippen molar-refractivity contribution in [2.75, 3.05) is 18.6 Å². The van der Waals surface area contributed by atoms with Gasteiger partial charge in [-0.1, -0.05) is 30.3 Å². The van der Waals surface area contributed by atoms with Crippen LogP contribution < -0.4 is 19.8 Å². The molecule has 2 amide bonds. The van der Waals surface area contributed by atoms with E-state index < -0.39 is 5.92 Å². The molecule has 3 aromatic carbocycles. The van der Waals surface area contributed by atoms with Gasteiger partial charge in [-0.25, -0.2) is 9.82 Å². The average Bonchev–Trinajstić information content (AvgIpc) is 3.26. The number of halogens is 1. The Morgan fingerprint density at radius 2 is 1.88 bits per heavy atom. The molecule has 1 N–H and O–H groups in total. The molecule has 1 saturated heterocycles. The van der Waals surface area contributed by atoms with Crippen molar-refractivity contribution in [3.63, 3.8) is 0 Å². The van der Waals surface area contributed by atoms with E-state index >= 15 is 0 Å². The van der Waals surface area contributed by atoms with Gasteiger partial charge >= 0.3 is 0 Å². The van der Waals surface area contributed by atoms with Crippen molar-refractivity contribution in [3.8, 4) is 11.5 Å². The first kappa shape index (κ1) is 23.0. The Morgan fingerprint density at radius 1 is 1.12 bits per heavy atom. The maximum atomic E-state index is 13.0. The second-order valence-electron chi connectivity index (χ2n) is 7.80. The number of carbonyl (C=O) groups is 2. The summed E-state index contributed by atoms with van der Waals surface area (Å²) < 4.78 is 24.2. The summed E-state index contributed by atoms with van der Waals surface area (Å²) in [5.41, 5.74) is 4.82. The SMILES string of the molecule is COc1cc(/C=N\NC(=O)[C@@H]2CC(=O)N(c3ccccc3)C2)ccc1OCc1ccc(F)cc1. The molecule has 0 aromatic heterocycles. The zero-order chi connectivity index (χ0) is 23.9. The number of hydrazone groups is 1. The third-order valence-corrected chi connectivity index (χ3v) is 5.45. The number of carbonyl (C=O) groups excluding carboxylic acids is 2. The van der Waals surface area contributed by atoms with Crippen LogP contribution in [0, 0.1) is 11.7 Å². The van der Waals surface area contributed by atoms with Gasteiger partial charge < -0.3 is 14.4 Å². The summed E-state index contributed by atoms with van der Waals surface area (Å²) in [5.74, 6) is -0.145. The van der Waals surface area contributed by atoms with Crippen LogP contribution in [0.4, 0.5) is 10.1 Å². The Kier molecular flexibility index (Phi) is 7.17. The third-order valence-electron chi connectivity index (χ3n) is 5.45. The van der Waals surface area contributed by atoms with Crippen molar-refractivity contribution in [2.24, 2.45) is 11.0 Å². The van der Waals surface area contributed by atoms with Crippen molar-refractivity contribution in [2.45, 2.75) is 13.0 Å². The number of hydrogen-bond donors (Lipinski definition) is 1. The standard InChI is InChI=1S/C26H24FN3O4/c1-33-24-13-19(9-12-23(24)34-17-18-7-10-21(27)11-8-18)15-28-29-26(32)20-14-25(31)30(16-20)22-5-3-2-4-6-22/h2-13,15,20H,14,16-17H2,1H3,(H,29,32)/b28-15-/t20-/m1/s1. The molecule has 0 saturated carbocycles. The van der Waals surface area contributed by atoms with E-state index in [9.17, 15) is 14.0 Å². The molecule has 1 atom stereocenters. The third kappa shape index (κ3) is 5.58. The van der Waals surface area contributed by atoms with Gasteiger partial charge in [0.15, 0.2) is 11.5 Å². The molecule has 0 radical (unpaired) electrons. The fourth-order valence-electron chi connectivity index (χ4n) is 3.63. The number of benzene rings is 3. The maximum absolute atomic E-state index is 13.0. The van der Waals surface area contributed by atoms with Gasteiger partial charge in [-0.2, -0.15) is 5.10 Å². The number of ether oxygens (including phenoxy) is 2. The van der Waals surface area contributed by atoms with Gasteiger partial charge in [0.25, 0.3) is 0 Å². The van der Waals surface area contributed by atoms with Gasteiger partial charge in [0, 0.05) is 18.7 Å². The number of hydrogen-bond acceptors (Lipinski definition) is 5. The highest BCUT2D eigenvalue weighted by atomic mass is 19.1. The second-order valence-corrected chi connectivity index (χ2v) is 7.80. The normalized spacial score (nSPS) is 15.5. The van der Waals surface area contributed by atoms with Crippen LogP contribution in [-0.2, 0) is 16.2 Å². The summed E-state index contributed by atoms with van der Waals surface area (Å²) in [5, 5.41) is 4.03. The topological polar surface area (TPSA) is 80.2 Å². The Balaban J connectivity index is 1.33. The van der Waals surface area contributed by atoms with Crippen LogP contribution in [0.1, 0.15) is 17.5 Å². The lowest BCUT2D eigenvalue weighted by Crippen LogP contribution is -2.30. The summed E-state index contributed by atoms with van der Waals surface area (Å²) in [6, 6.07) is 20.6. The monoisotopic (exact) mass is 461 g/mol. The van der Waals surface area contributed by atoms with E-state index in [4.69, 9.17) is 9.47 Å². The molecule has 1 heterocycles. The van der Waals surface area contributed by atoms with Crippen molar-refractivity contribution in [1.82, 2.24) is 5.43 Å². The lowest BCUT2D eigenvalue weighted by molar-refractivity contribution is -0.126. The molecule has 7 nitrogen and oxygen atoms in total. The molecular weight excluding hydrogens is 437 g/mol. The number of methoxy groups -OCH3 is 1. The largest absolute Gasteiger partial charge is 0.493 e. The first-order chi connectivity index (χ1) is 16.5. The number of amides is 2. The van der Waals surface area contributed by atoms with Crippen molar-refractivity contribution in [3.05, 3.63) is 89.7 Å². The summed E-state index contributed by atoms with van der Waals surface area (Å²) in [6.45, 7) is 0.582. The quantitative estimate of drug-likeness (QED) is 0.407. The Labute approximate surface area is 196 Å². The first-order valence-electron chi connectivity index (χ1n) is 10.8. The molecule has 3 aromatic rings. The minimum atomic E-state index is -0.471. The predicted molar refractivity (Wildman–Crippen MR) is 126 cm³/mol. The highest BCUT2D eigenvalue weighted by Gasteiger charge is 2.35. The number of nitrogens with zero attached hydrogens (tertiary/aromatic N) is 2. The van der Waals surface area contributed by atoms with Crippen molar-refractivity contribution < 1.29 is 23.5 Å². The summed E-state index contributed by atoms with van der Waals surface area (Å²) in [7, 11) is 1.53. The molecule has 1 aliphatic heterocycles. The van der Waals surface area contributed by atoms with E-state index in [0.717, 1.165) is 11.3 Å². The van der Waals surface area contributed by atoms with Crippen molar-refractivity contribution >= 4 is 23.7 Å². The van der Waals surface area contributed by atoms with Gasteiger partial charge in [-0.15, -0.1) is 0 Å². The Hall–Kier alpha value is -4.20. The molecule has 1 fully saturated rings. The van der Waals surface area contributed by atoms with Crippen molar-refractivity contribution in [1.29, 1.82) is 0 Å². The molecule has 0 bridgehead atoms. The van der Waals surface area contributed by atoms with E-state index in [1.54, 1.807) is 35.2 Å². The fourth-order valence-corrected chi connectivity index (χ4v) is 3.63. The number of rotatable bonds is 8. The first-order valence-corrected chi connectivity index (χ1v) is 10.8. The summed E-state index contributed by atoms with van der Waals surface area (Å²) >= 11 is 0. The predicted octanol–water partition coefficient (Wildman–Crippen LogP) is 3.92. The Morgan fingerprint density at radius 3 is 2.62 bits per heavy atom. The molecule has 0 unspecified atom stereocenters. The molecule has 8 heteroatoms. The smallest absolute Gasteiger partial charge is 0.245 e. The zero-order valence-corrected chi connectivity index (χ0v) is 18.6. The number of anilines is 1. The van der Waals surface area contributed by atoms with Crippen LogP contribution in [0.2, 0.25) is 0 Å². The lowest BCUT2D eigenvalue weighted by atomic mass is 10.1. The highest BCUT2D eigenvalue weighted by Crippen LogP contribution is 2.28. The van der Waals surface area contributed by atoms with Gasteiger partial charge in [0.05, 0.1) is 19.2 Å².